The predicted molar refractivity (Wildman–Crippen MR) is 86.8 cm³/mol. The van der Waals surface area contributed by atoms with Crippen LogP contribution in [0.4, 0.5) is 5.69 Å². The van der Waals surface area contributed by atoms with Crippen LogP contribution in [0.3, 0.4) is 0 Å². The molecule has 1 atom stereocenters. The fourth-order valence-corrected chi connectivity index (χ4v) is 3.71. The molecule has 0 amide bonds. The highest BCUT2D eigenvalue weighted by molar-refractivity contribution is 5.48. The molecule has 3 rings (SSSR count). The van der Waals surface area contributed by atoms with Crippen molar-refractivity contribution in [2.24, 2.45) is 5.73 Å². The minimum Gasteiger partial charge on any atom is -0.398 e. The van der Waals surface area contributed by atoms with E-state index in [0.29, 0.717) is 0 Å². The van der Waals surface area contributed by atoms with Crippen LogP contribution in [0, 0.1) is 0 Å². The van der Waals surface area contributed by atoms with Crippen molar-refractivity contribution >= 4 is 5.69 Å². The van der Waals surface area contributed by atoms with E-state index in [1.54, 1.807) is 6.20 Å². The molecule has 1 aromatic heterocycles. The number of rotatable bonds is 3. The summed E-state index contributed by atoms with van der Waals surface area (Å²) in [6.45, 7) is 0. The summed E-state index contributed by atoms with van der Waals surface area (Å²) in [6.07, 6.45) is 9.54. The van der Waals surface area contributed by atoms with Crippen LogP contribution in [0.5, 0.6) is 0 Å². The number of pyridine rings is 1. The van der Waals surface area contributed by atoms with Crippen molar-refractivity contribution in [3.63, 3.8) is 0 Å². The molecule has 1 aliphatic carbocycles. The first-order valence-electron chi connectivity index (χ1n) is 7.74. The molecule has 1 saturated carbocycles. The molecule has 0 aliphatic heterocycles. The topological polar surface area (TPSA) is 64.9 Å². The Kier molecular flexibility index (Phi) is 3.93. The Labute approximate surface area is 126 Å². The monoisotopic (exact) mass is 281 g/mol. The lowest BCUT2D eigenvalue weighted by Gasteiger charge is -2.43. The van der Waals surface area contributed by atoms with Crippen molar-refractivity contribution in [3.05, 3.63) is 59.9 Å². The minimum atomic E-state index is -0.103. The van der Waals surface area contributed by atoms with Crippen LogP contribution in [0.1, 0.15) is 49.3 Å². The number of hydrogen-bond donors (Lipinski definition) is 2. The maximum atomic E-state index is 6.72. The highest BCUT2D eigenvalue weighted by Crippen LogP contribution is 2.47. The van der Waals surface area contributed by atoms with Gasteiger partial charge in [0.15, 0.2) is 0 Å². The van der Waals surface area contributed by atoms with E-state index in [2.05, 4.69) is 35.3 Å². The Morgan fingerprint density at radius 2 is 1.71 bits per heavy atom. The fourth-order valence-electron chi connectivity index (χ4n) is 3.71. The number of anilines is 1. The number of nitrogens with zero attached hydrogens (tertiary/aromatic N) is 1. The maximum absolute atomic E-state index is 6.72. The van der Waals surface area contributed by atoms with Crippen molar-refractivity contribution < 1.29 is 0 Å². The Balaban J connectivity index is 2.06. The van der Waals surface area contributed by atoms with E-state index in [-0.39, 0.29) is 11.5 Å². The van der Waals surface area contributed by atoms with Crippen molar-refractivity contribution in [2.45, 2.75) is 43.6 Å². The summed E-state index contributed by atoms with van der Waals surface area (Å²) in [7, 11) is 0. The molecule has 0 saturated heterocycles. The highest BCUT2D eigenvalue weighted by atomic mass is 14.8. The Bertz CT molecular complexity index is 588. The number of nitrogen functional groups attached to an aromatic ring is 1. The molecule has 1 aliphatic rings. The molecule has 1 heterocycles. The smallest absolute Gasteiger partial charge is 0.0429 e. The molecule has 1 fully saturated rings. The largest absolute Gasteiger partial charge is 0.398 e. The SMILES string of the molecule is Nc1ccncc1C(N)C1(c2ccccc2)CCCCC1. The van der Waals surface area contributed by atoms with E-state index >= 15 is 0 Å². The quantitative estimate of drug-likeness (QED) is 0.904. The summed E-state index contributed by atoms with van der Waals surface area (Å²) in [6, 6.07) is 12.4. The van der Waals surface area contributed by atoms with Crippen LogP contribution in [-0.2, 0) is 5.41 Å². The second-order valence-corrected chi connectivity index (χ2v) is 6.07. The van der Waals surface area contributed by atoms with Crippen LogP contribution in [0.15, 0.2) is 48.8 Å². The van der Waals surface area contributed by atoms with Crippen LogP contribution in [0.25, 0.3) is 0 Å². The molecule has 0 bridgehead atoms. The summed E-state index contributed by atoms with van der Waals surface area (Å²) in [4.78, 5) is 4.23. The first-order valence-corrected chi connectivity index (χ1v) is 7.74. The van der Waals surface area contributed by atoms with Crippen LogP contribution < -0.4 is 11.5 Å². The van der Waals surface area contributed by atoms with Crippen molar-refractivity contribution in [1.82, 2.24) is 4.98 Å². The van der Waals surface area contributed by atoms with E-state index in [1.165, 1.54) is 24.8 Å². The van der Waals surface area contributed by atoms with Gasteiger partial charge in [0.25, 0.3) is 0 Å². The molecule has 1 aromatic carbocycles. The molecule has 0 radical (unpaired) electrons. The lowest BCUT2D eigenvalue weighted by atomic mass is 9.63. The van der Waals surface area contributed by atoms with Gasteiger partial charge in [-0.2, -0.15) is 0 Å². The summed E-state index contributed by atoms with van der Waals surface area (Å²) < 4.78 is 0. The van der Waals surface area contributed by atoms with Crippen LogP contribution >= 0.6 is 0 Å². The average Bonchev–Trinajstić information content (AvgIpc) is 2.56. The molecule has 1 unspecified atom stereocenters. The van der Waals surface area contributed by atoms with Gasteiger partial charge >= 0.3 is 0 Å². The molecule has 3 nitrogen and oxygen atoms in total. The van der Waals surface area contributed by atoms with Gasteiger partial charge in [0, 0.05) is 35.1 Å². The zero-order valence-electron chi connectivity index (χ0n) is 12.3. The van der Waals surface area contributed by atoms with E-state index in [4.69, 9.17) is 11.5 Å². The molecule has 3 heteroatoms. The van der Waals surface area contributed by atoms with Gasteiger partial charge in [-0.25, -0.2) is 0 Å². The molecular weight excluding hydrogens is 258 g/mol. The van der Waals surface area contributed by atoms with E-state index in [9.17, 15) is 0 Å². The van der Waals surface area contributed by atoms with Gasteiger partial charge in [-0.15, -0.1) is 0 Å². The molecule has 21 heavy (non-hydrogen) atoms. The van der Waals surface area contributed by atoms with Crippen LogP contribution in [-0.4, -0.2) is 4.98 Å². The number of benzene rings is 1. The van der Waals surface area contributed by atoms with E-state index in [0.717, 1.165) is 24.1 Å². The molecule has 4 N–H and O–H groups in total. The molecular formula is C18H23N3. The second kappa shape index (κ2) is 5.86. The van der Waals surface area contributed by atoms with Gasteiger partial charge in [-0.05, 0) is 24.5 Å². The molecule has 2 aromatic rings. The highest BCUT2D eigenvalue weighted by Gasteiger charge is 2.40. The standard InChI is InChI=1S/C18H23N3/c19-16-9-12-21-13-15(16)17(20)18(10-5-2-6-11-18)14-7-3-1-4-8-14/h1,3-4,7-9,12-13,17H,2,5-6,10-11,20H2,(H2,19,21). The Morgan fingerprint density at radius 1 is 1.00 bits per heavy atom. The predicted octanol–water partition coefficient (Wildman–Crippen LogP) is 3.57. The Morgan fingerprint density at radius 3 is 2.38 bits per heavy atom. The van der Waals surface area contributed by atoms with Gasteiger partial charge in [0.1, 0.15) is 0 Å². The van der Waals surface area contributed by atoms with Gasteiger partial charge in [-0.3, -0.25) is 4.98 Å². The third kappa shape index (κ3) is 2.54. The molecule has 110 valence electrons. The van der Waals surface area contributed by atoms with Gasteiger partial charge in [0.05, 0.1) is 0 Å². The third-order valence-corrected chi connectivity index (χ3v) is 4.91. The third-order valence-electron chi connectivity index (χ3n) is 4.91. The lowest BCUT2D eigenvalue weighted by molar-refractivity contribution is 0.244. The summed E-state index contributed by atoms with van der Waals surface area (Å²) >= 11 is 0. The van der Waals surface area contributed by atoms with Crippen molar-refractivity contribution in [1.29, 1.82) is 0 Å². The lowest BCUT2D eigenvalue weighted by Crippen LogP contribution is -2.41. The first kappa shape index (κ1) is 14.1. The fraction of sp³-hybridized carbons (Fsp3) is 0.389. The average molecular weight is 281 g/mol. The number of nitrogens with two attached hydrogens (primary N) is 2. The van der Waals surface area contributed by atoms with Gasteiger partial charge in [0.2, 0.25) is 0 Å². The number of hydrogen-bond acceptors (Lipinski definition) is 3. The summed E-state index contributed by atoms with van der Waals surface area (Å²) in [5.41, 5.74) is 15.9. The van der Waals surface area contributed by atoms with Gasteiger partial charge in [-0.1, -0.05) is 49.6 Å². The van der Waals surface area contributed by atoms with Crippen molar-refractivity contribution in [2.75, 3.05) is 5.73 Å². The summed E-state index contributed by atoms with van der Waals surface area (Å²) in [5.74, 6) is 0. The zero-order valence-corrected chi connectivity index (χ0v) is 12.3. The normalized spacial score (nSPS) is 19.1. The number of aromatic nitrogens is 1. The molecule has 0 spiro atoms. The zero-order chi connectivity index (χ0) is 14.7. The first-order chi connectivity index (χ1) is 10.2. The van der Waals surface area contributed by atoms with Crippen molar-refractivity contribution in [3.8, 4) is 0 Å². The van der Waals surface area contributed by atoms with E-state index < -0.39 is 0 Å². The van der Waals surface area contributed by atoms with E-state index in [1.807, 2.05) is 12.3 Å². The summed E-state index contributed by atoms with van der Waals surface area (Å²) in [5, 5.41) is 0. The van der Waals surface area contributed by atoms with Gasteiger partial charge < -0.3 is 11.5 Å². The minimum absolute atomic E-state index is 0.0172. The maximum Gasteiger partial charge on any atom is 0.0429 e. The van der Waals surface area contributed by atoms with Crippen LogP contribution in [0.2, 0.25) is 0 Å². The Hall–Kier alpha value is -1.87. The second-order valence-electron chi connectivity index (χ2n) is 6.07.